The van der Waals surface area contributed by atoms with Crippen LogP contribution in [0.4, 0.5) is 0 Å². The van der Waals surface area contributed by atoms with E-state index in [-0.39, 0.29) is 35.4 Å². The Balaban J connectivity index is 4.32. The molecule has 15 nitrogen and oxygen atoms in total. The molecule has 0 aromatic rings. The van der Waals surface area contributed by atoms with Crippen LogP contribution in [0, 0.1) is 0 Å². The maximum absolute atomic E-state index is 12.9. The smallest absolute Gasteiger partial charge is 0.242 e. The Bertz CT molecular complexity index is 1030. The molecule has 0 fully saturated rings. The van der Waals surface area contributed by atoms with Crippen molar-refractivity contribution in [2.75, 3.05) is 39.8 Å². The second-order valence-corrected chi connectivity index (χ2v) is 14.2. The average molecular weight is 768 g/mol. The molecule has 12 N–H and O–H groups in total. The summed E-state index contributed by atoms with van der Waals surface area (Å²) >= 11 is 0. The normalized spacial score (nSPS) is 12.6. The summed E-state index contributed by atoms with van der Waals surface area (Å²) in [7, 11) is 1.56. The maximum atomic E-state index is 12.9. The van der Waals surface area contributed by atoms with Gasteiger partial charge in [-0.3, -0.25) is 28.8 Å². The van der Waals surface area contributed by atoms with E-state index in [0.29, 0.717) is 77.7 Å². The quantitative estimate of drug-likeness (QED) is 0.0424. The molecule has 0 heterocycles. The Morgan fingerprint density at radius 2 is 0.759 bits per heavy atom. The van der Waals surface area contributed by atoms with Crippen molar-refractivity contribution in [2.24, 2.45) is 17.2 Å². The first kappa shape index (κ1) is 50.7. The van der Waals surface area contributed by atoms with Crippen LogP contribution in [0.1, 0.15) is 155 Å². The molecule has 0 aliphatic rings. The van der Waals surface area contributed by atoms with Gasteiger partial charge >= 0.3 is 0 Å². The Morgan fingerprint density at radius 1 is 0.426 bits per heavy atom. The van der Waals surface area contributed by atoms with E-state index in [2.05, 4.69) is 31.9 Å². The molecular formula is C39H77N9O6. The van der Waals surface area contributed by atoms with Crippen LogP contribution >= 0.6 is 0 Å². The van der Waals surface area contributed by atoms with Crippen molar-refractivity contribution < 1.29 is 28.8 Å². The summed E-state index contributed by atoms with van der Waals surface area (Å²) in [6.45, 7) is 4.62. The minimum atomic E-state index is -0.592. The number of carbonyl (C=O) groups excluding carboxylic acids is 6. The molecule has 314 valence electrons. The van der Waals surface area contributed by atoms with Crippen molar-refractivity contribution >= 4 is 35.4 Å². The second kappa shape index (κ2) is 35.4. The Hall–Kier alpha value is -3.30. The Labute approximate surface area is 325 Å². The Morgan fingerprint density at radius 3 is 1.11 bits per heavy atom. The van der Waals surface area contributed by atoms with Crippen molar-refractivity contribution in [3.63, 3.8) is 0 Å². The van der Waals surface area contributed by atoms with Crippen molar-refractivity contribution in [3.8, 4) is 0 Å². The van der Waals surface area contributed by atoms with Crippen LogP contribution in [0.2, 0.25) is 0 Å². The van der Waals surface area contributed by atoms with Gasteiger partial charge in [0.05, 0.1) is 0 Å². The number of carbonyl (C=O) groups is 6. The van der Waals surface area contributed by atoms with Gasteiger partial charge in [-0.15, -0.1) is 0 Å². The van der Waals surface area contributed by atoms with Crippen molar-refractivity contribution in [3.05, 3.63) is 0 Å². The van der Waals surface area contributed by atoms with Crippen LogP contribution in [-0.2, 0) is 28.8 Å². The zero-order valence-electron chi connectivity index (χ0n) is 33.7. The Kier molecular flexibility index (Phi) is 33.2. The number of rotatable bonds is 36. The standard InChI is InChI=1S/C39H77N9O6/c1-3-20-34(49)47-32(22-13-16-27-41)38(53)44-29-18-9-5-7-11-25-36(51)48-33(23-14-17-28-42)39(54)45-30-19-8-4-6-10-24-35(50)46-31(37(52)43-2)21-12-15-26-40/h31-33H,3-30,40-42H2,1-2H3,(H,43,52)(H,44,53)(H,45,54)(H,46,50)(H,47,49)(H,48,51). The molecule has 0 saturated carbocycles. The van der Waals surface area contributed by atoms with Gasteiger partial charge in [0.2, 0.25) is 35.4 Å². The number of likely N-dealkylation sites (N-methyl/N-ethyl adjacent to an activating group) is 1. The zero-order valence-corrected chi connectivity index (χ0v) is 33.7. The van der Waals surface area contributed by atoms with Gasteiger partial charge in [0, 0.05) is 39.4 Å². The van der Waals surface area contributed by atoms with Crippen molar-refractivity contribution in [2.45, 2.75) is 173 Å². The van der Waals surface area contributed by atoms with Gasteiger partial charge in [-0.1, -0.05) is 45.4 Å². The highest BCUT2D eigenvalue weighted by Gasteiger charge is 2.22. The van der Waals surface area contributed by atoms with Crippen LogP contribution in [0.15, 0.2) is 0 Å². The largest absolute Gasteiger partial charge is 0.357 e. The lowest BCUT2D eigenvalue weighted by Crippen LogP contribution is -2.47. The van der Waals surface area contributed by atoms with E-state index in [1.165, 1.54) is 0 Å². The fourth-order valence-electron chi connectivity index (χ4n) is 6.04. The number of nitrogens with one attached hydrogen (secondary N) is 6. The molecule has 0 radical (unpaired) electrons. The van der Waals surface area contributed by atoms with Crippen LogP contribution in [0.3, 0.4) is 0 Å². The molecule has 0 aromatic heterocycles. The van der Waals surface area contributed by atoms with E-state index in [0.717, 1.165) is 103 Å². The van der Waals surface area contributed by atoms with Crippen molar-refractivity contribution in [1.29, 1.82) is 0 Å². The fourth-order valence-corrected chi connectivity index (χ4v) is 6.04. The molecule has 0 aliphatic heterocycles. The van der Waals surface area contributed by atoms with E-state index in [1.54, 1.807) is 7.05 Å². The summed E-state index contributed by atoms with van der Waals surface area (Å²) in [4.78, 5) is 74.8. The predicted molar refractivity (Wildman–Crippen MR) is 215 cm³/mol. The first-order valence-corrected chi connectivity index (χ1v) is 20.9. The summed E-state index contributed by atoms with van der Waals surface area (Å²) in [6, 6.07) is -1.66. The fraction of sp³-hybridized carbons (Fsp3) is 0.846. The van der Waals surface area contributed by atoms with Crippen LogP contribution < -0.4 is 49.1 Å². The third-order valence-corrected chi connectivity index (χ3v) is 9.28. The van der Waals surface area contributed by atoms with Gasteiger partial charge < -0.3 is 49.1 Å². The number of hydrogen-bond donors (Lipinski definition) is 9. The number of unbranched alkanes of at least 4 members (excludes halogenated alkanes) is 11. The number of amides is 6. The summed E-state index contributed by atoms with van der Waals surface area (Å²) in [6.07, 6.45) is 16.7. The lowest BCUT2D eigenvalue weighted by molar-refractivity contribution is -0.129. The molecule has 0 aliphatic carbocycles. The highest BCUT2D eigenvalue weighted by atomic mass is 16.2. The highest BCUT2D eigenvalue weighted by Crippen LogP contribution is 2.09. The molecule has 3 atom stereocenters. The van der Waals surface area contributed by atoms with Crippen LogP contribution in [0.25, 0.3) is 0 Å². The molecule has 0 rings (SSSR count). The first-order chi connectivity index (χ1) is 26.1. The molecule has 15 heteroatoms. The van der Waals surface area contributed by atoms with E-state index >= 15 is 0 Å². The molecule has 0 bridgehead atoms. The van der Waals surface area contributed by atoms with E-state index in [1.807, 2.05) is 6.92 Å². The molecule has 0 spiro atoms. The molecule has 0 saturated heterocycles. The van der Waals surface area contributed by atoms with Crippen molar-refractivity contribution in [1.82, 2.24) is 31.9 Å². The van der Waals surface area contributed by atoms with Crippen LogP contribution in [-0.4, -0.2) is 93.3 Å². The lowest BCUT2D eigenvalue weighted by Gasteiger charge is -2.19. The summed E-state index contributed by atoms with van der Waals surface area (Å²) in [5.41, 5.74) is 16.8. The third-order valence-electron chi connectivity index (χ3n) is 9.28. The minimum Gasteiger partial charge on any atom is -0.357 e. The molecule has 6 amide bonds. The lowest BCUT2D eigenvalue weighted by atomic mass is 10.1. The van der Waals surface area contributed by atoms with Gasteiger partial charge in [0.15, 0.2) is 0 Å². The molecule has 0 aromatic carbocycles. The van der Waals surface area contributed by atoms with E-state index in [9.17, 15) is 28.8 Å². The number of hydrogen-bond acceptors (Lipinski definition) is 9. The van der Waals surface area contributed by atoms with Crippen LogP contribution in [0.5, 0.6) is 0 Å². The highest BCUT2D eigenvalue weighted by molar-refractivity contribution is 5.88. The molecule has 3 unspecified atom stereocenters. The average Bonchev–Trinajstić information content (AvgIpc) is 3.15. The van der Waals surface area contributed by atoms with Gasteiger partial charge in [-0.2, -0.15) is 0 Å². The van der Waals surface area contributed by atoms with E-state index < -0.39 is 18.1 Å². The SMILES string of the molecule is CCCC(=O)NC(CCCCN)C(=O)NCCCCCCCC(=O)NC(CCCCN)C(=O)NCCCCCCCC(=O)NC(CCCCN)C(=O)NC. The summed E-state index contributed by atoms with van der Waals surface area (Å²) < 4.78 is 0. The van der Waals surface area contributed by atoms with Gasteiger partial charge in [0.1, 0.15) is 18.1 Å². The number of nitrogens with two attached hydrogens (primary N) is 3. The second-order valence-electron chi connectivity index (χ2n) is 14.2. The monoisotopic (exact) mass is 768 g/mol. The first-order valence-electron chi connectivity index (χ1n) is 20.9. The molecule has 54 heavy (non-hydrogen) atoms. The van der Waals surface area contributed by atoms with Gasteiger partial charge in [-0.05, 0) is 110 Å². The third kappa shape index (κ3) is 28.2. The maximum Gasteiger partial charge on any atom is 0.242 e. The van der Waals surface area contributed by atoms with Gasteiger partial charge in [0.25, 0.3) is 0 Å². The zero-order chi connectivity index (χ0) is 40.2. The predicted octanol–water partition coefficient (Wildman–Crippen LogP) is 2.29. The minimum absolute atomic E-state index is 0.110. The molecular weight excluding hydrogens is 690 g/mol. The van der Waals surface area contributed by atoms with E-state index in [4.69, 9.17) is 17.2 Å². The van der Waals surface area contributed by atoms with Gasteiger partial charge in [-0.25, -0.2) is 0 Å². The topological polar surface area (TPSA) is 253 Å². The summed E-state index contributed by atoms with van der Waals surface area (Å²) in [5, 5.41) is 17.1. The summed E-state index contributed by atoms with van der Waals surface area (Å²) in [5.74, 6) is -0.898.